The van der Waals surface area contributed by atoms with Crippen molar-refractivity contribution >= 4 is 5.91 Å². The Kier molecular flexibility index (Phi) is 4.90. The van der Waals surface area contributed by atoms with Crippen LogP contribution in [0.3, 0.4) is 0 Å². The number of aryl methyl sites for hydroxylation is 1. The van der Waals surface area contributed by atoms with Gasteiger partial charge in [-0.1, -0.05) is 19.1 Å². The zero-order chi connectivity index (χ0) is 13.7. The molecule has 19 heavy (non-hydrogen) atoms. The molecule has 2 bridgehead atoms. The average molecular weight is 266 g/mol. The van der Waals surface area contributed by atoms with Crippen LogP contribution in [-0.4, -0.2) is 33.5 Å². The molecule has 0 saturated carbocycles. The van der Waals surface area contributed by atoms with Crippen LogP contribution in [0.2, 0.25) is 0 Å². The normalized spacial score (nSPS) is 22.3. The Morgan fingerprint density at radius 1 is 1.47 bits per heavy atom. The van der Waals surface area contributed by atoms with Crippen molar-refractivity contribution in [3.05, 3.63) is 11.9 Å². The largest absolute Gasteiger partial charge is 0.373 e. The van der Waals surface area contributed by atoms with Gasteiger partial charge in [-0.25, -0.2) is 0 Å². The summed E-state index contributed by atoms with van der Waals surface area (Å²) in [5.41, 5.74) is 0.841. The van der Waals surface area contributed by atoms with Crippen LogP contribution in [0.5, 0.6) is 0 Å². The van der Waals surface area contributed by atoms with Crippen molar-refractivity contribution in [2.24, 2.45) is 5.92 Å². The molecule has 1 aromatic heterocycles. The standard InChI is InChI=1S/C13H22N4O2/c1-10(2)12-9-19-8-11-7-17(16-15-11)6-4-3-5-13(18)14-12/h7,10,12H,3-6,8-9H2,1-2H3,(H,14,18)/t12-/m1/s1. The van der Waals surface area contributed by atoms with E-state index in [1.807, 2.05) is 10.9 Å². The van der Waals surface area contributed by atoms with Gasteiger partial charge in [0.05, 0.1) is 25.5 Å². The lowest BCUT2D eigenvalue weighted by molar-refractivity contribution is -0.122. The summed E-state index contributed by atoms with van der Waals surface area (Å²) in [6, 6.07) is 0.0586. The van der Waals surface area contributed by atoms with Crippen molar-refractivity contribution in [1.29, 1.82) is 0 Å². The molecule has 1 aromatic rings. The molecule has 0 radical (unpaired) electrons. The highest BCUT2D eigenvalue weighted by atomic mass is 16.5. The molecule has 0 spiro atoms. The number of fused-ring (bicyclic) bond motifs is 2. The number of rotatable bonds is 1. The Labute approximate surface area is 113 Å². The molecular formula is C13H22N4O2. The van der Waals surface area contributed by atoms with E-state index >= 15 is 0 Å². The predicted octanol–water partition coefficient (Wildman–Crippen LogP) is 1.12. The number of amides is 1. The van der Waals surface area contributed by atoms with Crippen molar-refractivity contribution < 1.29 is 9.53 Å². The number of aromatic nitrogens is 3. The van der Waals surface area contributed by atoms with E-state index in [0.29, 0.717) is 25.6 Å². The van der Waals surface area contributed by atoms with Crippen LogP contribution < -0.4 is 5.32 Å². The lowest BCUT2D eigenvalue weighted by Gasteiger charge is -2.22. The van der Waals surface area contributed by atoms with Crippen molar-refractivity contribution in [3.8, 4) is 0 Å². The number of ether oxygens (including phenoxy) is 1. The van der Waals surface area contributed by atoms with E-state index in [9.17, 15) is 4.79 Å². The summed E-state index contributed by atoms with van der Waals surface area (Å²) in [5, 5.41) is 11.2. The summed E-state index contributed by atoms with van der Waals surface area (Å²) in [4.78, 5) is 11.8. The average Bonchev–Trinajstić information content (AvgIpc) is 2.81. The molecule has 2 heterocycles. The van der Waals surface area contributed by atoms with Gasteiger partial charge in [-0.3, -0.25) is 9.48 Å². The Morgan fingerprint density at radius 2 is 2.32 bits per heavy atom. The minimum absolute atomic E-state index is 0.0586. The highest BCUT2D eigenvalue weighted by Crippen LogP contribution is 2.07. The van der Waals surface area contributed by atoms with Gasteiger partial charge in [0.15, 0.2) is 0 Å². The second kappa shape index (κ2) is 6.65. The van der Waals surface area contributed by atoms with E-state index in [2.05, 4.69) is 29.5 Å². The first-order valence-electron chi connectivity index (χ1n) is 6.91. The number of nitrogens with one attached hydrogen (secondary N) is 1. The van der Waals surface area contributed by atoms with Gasteiger partial charge in [0.25, 0.3) is 0 Å². The van der Waals surface area contributed by atoms with E-state index in [4.69, 9.17) is 4.74 Å². The Bertz CT molecular complexity index is 417. The summed E-state index contributed by atoms with van der Waals surface area (Å²) in [5.74, 6) is 0.463. The second-order valence-corrected chi connectivity index (χ2v) is 5.36. The monoisotopic (exact) mass is 266 g/mol. The van der Waals surface area contributed by atoms with Gasteiger partial charge in [-0.2, -0.15) is 0 Å². The van der Waals surface area contributed by atoms with E-state index < -0.39 is 0 Å². The highest BCUT2D eigenvalue weighted by Gasteiger charge is 2.17. The lowest BCUT2D eigenvalue weighted by Crippen LogP contribution is -2.41. The molecule has 1 N–H and O–H groups in total. The van der Waals surface area contributed by atoms with Gasteiger partial charge >= 0.3 is 0 Å². The van der Waals surface area contributed by atoms with E-state index in [-0.39, 0.29) is 11.9 Å². The van der Waals surface area contributed by atoms with Crippen molar-refractivity contribution in [2.75, 3.05) is 6.61 Å². The zero-order valence-electron chi connectivity index (χ0n) is 11.6. The molecule has 1 aliphatic rings. The third-order valence-corrected chi connectivity index (χ3v) is 3.33. The highest BCUT2D eigenvalue weighted by molar-refractivity contribution is 5.76. The minimum atomic E-state index is 0.0586. The van der Waals surface area contributed by atoms with Crippen LogP contribution in [0.25, 0.3) is 0 Å². The first-order chi connectivity index (χ1) is 9.15. The summed E-state index contributed by atoms with van der Waals surface area (Å²) < 4.78 is 7.45. The Morgan fingerprint density at radius 3 is 3.11 bits per heavy atom. The number of carbonyl (C=O) groups excluding carboxylic acids is 1. The predicted molar refractivity (Wildman–Crippen MR) is 70.3 cm³/mol. The van der Waals surface area contributed by atoms with Crippen LogP contribution in [0.4, 0.5) is 0 Å². The van der Waals surface area contributed by atoms with E-state index in [0.717, 1.165) is 25.1 Å². The fraction of sp³-hybridized carbons (Fsp3) is 0.769. The number of hydrogen-bond acceptors (Lipinski definition) is 4. The number of carbonyl (C=O) groups is 1. The molecule has 6 heteroatoms. The molecule has 0 unspecified atom stereocenters. The van der Waals surface area contributed by atoms with Crippen LogP contribution in [-0.2, 0) is 22.7 Å². The second-order valence-electron chi connectivity index (χ2n) is 5.36. The minimum Gasteiger partial charge on any atom is -0.373 e. The molecular weight excluding hydrogens is 244 g/mol. The third kappa shape index (κ3) is 4.31. The first-order valence-corrected chi connectivity index (χ1v) is 6.91. The van der Waals surface area contributed by atoms with Gasteiger partial charge in [0.2, 0.25) is 5.91 Å². The summed E-state index contributed by atoms with van der Waals surface area (Å²) in [6.07, 6.45) is 4.28. The molecule has 0 aliphatic carbocycles. The molecule has 2 rings (SSSR count). The lowest BCUT2D eigenvalue weighted by atomic mass is 10.0. The Balaban J connectivity index is 2.00. The first kappa shape index (κ1) is 14.0. The van der Waals surface area contributed by atoms with Gasteiger partial charge in [0, 0.05) is 13.0 Å². The number of nitrogens with zero attached hydrogens (tertiary/aromatic N) is 3. The summed E-state index contributed by atoms with van der Waals surface area (Å²) in [7, 11) is 0. The molecule has 106 valence electrons. The van der Waals surface area contributed by atoms with Crippen LogP contribution >= 0.6 is 0 Å². The molecule has 1 aliphatic heterocycles. The molecule has 1 amide bonds. The van der Waals surface area contributed by atoms with Crippen molar-refractivity contribution in [2.45, 2.75) is 52.3 Å². The Hall–Kier alpha value is -1.43. The van der Waals surface area contributed by atoms with Crippen LogP contribution in [0, 0.1) is 5.92 Å². The smallest absolute Gasteiger partial charge is 0.220 e. The van der Waals surface area contributed by atoms with Crippen LogP contribution in [0.15, 0.2) is 6.20 Å². The van der Waals surface area contributed by atoms with E-state index in [1.165, 1.54) is 0 Å². The van der Waals surface area contributed by atoms with Crippen molar-refractivity contribution in [3.63, 3.8) is 0 Å². The van der Waals surface area contributed by atoms with Gasteiger partial charge in [0.1, 0.15) is 5.69 Å². The summed E-state index contributed by atoms with van der Waals surface area (Å²) in [6.45, 7) is 5.93. The maximum absolute atomic E-state index is 11.8. The summed E-state index contributed by atoms with van der Waals surface area (Å²) >= 11 is 0. The zero-order valence-corrected chi connectivity index (χ0v) is 11.6. The molecule has 6 nitrogen and oxygen atoms in total. The van der Waals surface area contributed by atoms with Crippen LogP contribution in [0.1, 0.15) is 38.8 Å². The maximum atomic E-state index is 11.8. The quantitative estimate of drug-likeness (QED) is 0.827. The van der Waals surface area contributed by atoms with Gasteiger partial charge < -0.3 is 10.1 Å². The van der Waals surface area contributed by atoms with E-state index in [1.54, 1.807) is 0 Å². The van der Waals surface area contributed by atoms with Gasteiger partial charge in [-0.15, -0.1) is 5.10 Å². The van der Waals surface area contributed by atoms with Gasteiger partial charge in [-0.05, 0) is 18.8 Å². The number of hydrogen-bond donors (Lipinski definition) is 1. The topological polar surface area (TPSA) is 69.0 Å². The molecule has 0 fully saturated rings. The fourth-order valence-electron chi connectivity index (χ4n) is 2.04. The van der Waals surface area contributed by atoms with Crippen molar-refractivity contribution in [1.82, 2.24) is 20.3 Å². The fourth-order valence-corrected chi connectivity index (χ4v) is 2.04. The third-order valence-electron chi connectivity index (χ3n) is 3.33. The molecule has 1 atom stereocenters. The molecule has 0 saturated heterocycles. The maximum Gasteiger partial charge on any atom is 0.220 e. The SMILES string of the molecule is CC(C)[C@H]1COCc2cn(nn2)CCCCC(=O)N1. The molecule has 0 aromatic carbocycles.